The van der Waals surface area contributed by atoms with Gasteiger partial charge in [0.15, 0.2) is 6.10 Å². The fraction of sp³-hybridized carbons (Fsp3) is 0.462. The van der Waals surface area contributed by atoms with Gasteiger partial charge < -0.3 is 15.8 Å². The smallest absolute Gasteiger partial charge is 0.266 e. The van der Waals surface area contributed by atoms with Crippen molar-refractivity contribution in [3.63, 3.8) is 0 Å². The van der Waals surface area contributed by atoms with E-state index in [1.165, 1.54) is 0 Å². The molecule has 1 atom stereocenters. The van der Waals surface area contributed by atoms with Gasteiger partial charge >= 0.3 is 0 Å². The molecule has 3 N–H and O–H groups in total. The van der Waals surface area contributed by atoms with Crippen LogP contribution in [0.25, 0.3) is 0 Å². The quantitative estimate of drug-likeness (QED) is 0.776. The van der Waals surface area contributed by atoms with E-state index in [9.17, 15) is 4.79 Å². The first-order valence-corrected chi connectivity index (χ1v) is 5.74. The molecule has 1 amide bonds. The molecule has 17 heavy (non-hydrogen) atoms. The summed E-state index contributed by atoms with van der Waals surface area (Å²) in [6.07, 6.45) is -0.581. The van der Waals surface area contributed by atoms with Crippen molar-refractivity contribution in [2.45, 2.75) is 32.3 Å². The highest BCUT2D eigenvalue weighted by atomic mass is 16.5. The molecule has 0 spiro atoms. The number of fused-ring (bicyclic) bond motifs is 1. The van der Waals surface area contributed by atoms with E-state index in [4.69, 9.17) is 10.5 Å². The molecular formula is C13H18N2O2. The highest BCUT2D eigenvalue weighted by molar-refractivity contribution is 5.98. The fourth-order valence-electron chi connectivity index (χ4n) is 1.77. The molecule has 0 saturated carbocycles. The van der Waals surface area contributed by atoms with Crippen LogP contribution >= 0.6 is 0 Å². The Labute approximate surface area is 101 Å². The molecule has 1 aromatic carbocycles. The van der Waals surface area contributed by atoms with Crippen molar-refractivity contribution in [3.05, 3.63) is 23.8 Å². The summed E-state index contributed by atoms with van der Waals surface area (Å²) in [6.45, 7) is 6.57. The first-order valence-electron chi connectivity index (χ1n) is 5.74. The standard InChI is InChI=1S/C13H18N2O2/c1-13(2,3)8-4-5-10-9(6-8)15-12(16)11(7-14)17-10/h4-6,11H,7,14H2,1-3H3,(H,15,16). The summed E-state index contributed by atoms with van der Waals surface area (Å²) in [5, 5.41) is 2.83. The summed E-state index contributed by atoms with van der Waals surface area (Å²) in [7, 11) is 0. The summed E-state index contributed by atoms with van der Waals surface area (Å²) in [4.78, 5) is 11.6. The van der Waals surface area contributed by atoms with E-state index in [0.717, 1.165) is 11.3 Å². The van der Waals surface area contributed by atoms with Gasteiger partial charge in [-0.25, -0.2) is 0 Å². The summed E-state index contributed by atoms with van der Waals surface area (Å²) in [5.74, 6) is 0.513. The molecule has 1 aliphatic heterocycles. The highest BCUT2D eigenvalue weighted by Gasteiger charge is 2.27. The second-order valence-corrected chi connectivity index (χ2v) is 5.29. The van der Waals surface area contributed by atoms with E-state index < -0.39 is 6.10 Å². The van der Waals surface area contributed by atoms with Gasteiger partial charge in [0.05, 0.1) is 5.69 Å². The second-order valence-electron chi connectivity index (χ2n) is 5.29. The Bertz CT molecular complexity index is 449. The minimum absolute atomic E-state index is 0.0461. The molecule has 4 nitrogen and oxygen atoms in total. The Kier molecular flexibility index (Phi) is 2.83. The Hall–Kier alpha value is -1.55. The van der Waals surface area contributed by atoms with Crippen LogP contribution in [-0.2, 0) is 10.2 Å². The van der Waals surface area contributed by atoms with Crippen LogP contribution in [0.15, 0.2) is 18.2 Å². The number of ether oxygens (including phenoxy) is 1. The monoisotopic (exact) mass is 234 g/mol. The van der Waals surface area contributed by atoms with Crippen molar-refractivity contribution < 1.29 is 9.53 Å². The van der Waals surface area contributed by atoms with Crippen LogP contribution in [0.1, 0.15) is 26.3 Å². The van der Waals surface area contributed by atoms with Crippen LogP contribution in [0.5, 0.6) is 5.75 Å². The zero-order valence-electron chi connectivity index (χ0n) is 10.4. The van der Waals surface area contributed by atoms with Crippen molar-refractivity contribution >= 4 is 11.6 Å². The lowest BCUT2D eigenvalue weighted by Crippen LogP contribution is -2.42. The number of nitrogens with one attached hydrogen (secondary N) is 1. The third-order valence-corrected chi connectivity index (χ3v) is 2.88. The van der Waals surface area contributed by atoms with Crippen LogP contribution in [0.4, 0.5) is 5.69 Å². The van der Waals surface area contributed by atoms with Gasteiger partial charge in [-0.3, -0.25) is 4.79 Å². The molecule has 0 radical (unpaired) electrons. The predicted molar refractivity (Wildman–Crippen MR) is 67.2 cm³/mol. The molecule has 0 saturated heterocycles. The van der Waals surface area contributed by atoms with E-state index in [1.54, 1.807) is 0 Å². The van der Waals surface area contributed by atoms with Crippen LogP contribution in [-0.4, -0.2) is 18.6 Å². The number of hydrogen-bond donors (Lipinski definition) is 2. The number of anilines is 1. The molecule has 2 rings (SSSR count). The third kappa shape index (κ3) is 2.26. The number of amides is 1. The lowest BCUT2D eigenvalue weighted by Gasteiger charge is -2.27. The fourth-order valence-corrected chi connectivity index (χ4v) is 1.77. The number of carbonyl (C=O) groups excluding carboxylic acids is 1. The third-order valence-electron chi connectivity index (χ3n) is 2.88. The molecule has 0 aliphatic carbocycles. The number of carbonyl (C=O) groups is 1. The van der Waals surface area contributed by atoms with Gasteiger partial charge in [0, 0.05) is 6.54 Å². The first-order chi connectivity index (χ1) is 7.91. The van der Waals surface area contributed by atoms with Crippen molar-refractivity contribution in [1.82, 2.24) is 0 Å². The molecular weight excluding hydrogens is 216 g/mol. The summed E-state index contributed by atoms with van der Waals surface area (Å²) in [5.41, 5.74) is 7.40. The minimum Gasteiger partial charge on any atom is -0.477 e. The maximum Gasteiger partial charge on any atom is 0.266 e. The van der Waals surface area contributed by atoms with Crippen molar-refractivity contribution in [3.8, 4) is 5.75 Å². The van der Waals surface area contributed by atoms with Crippen molar-refractivity contribution in [2.24, 2.45) is 5.73 Å². The van der Waals surface area contributed by atoms with Gasteiger partial charge in [-0.05, 0) is 23.1 Å². The van der Waals surface area contributed by atoms with E-state index in [0.29, 0.717) is 5.75 Å². The second kappa shape index (κ2) is 4.04. The average molecular weight is 234 g/mol. The molecule has 1 heterocycles. The Morgan fingerprint density at radius 3 is 2.71 bits per heavy atom. The Balaban J connectivity index is 2.36. The van der Waals surface area contributed by atoms with E-state index in [1.807, 2.05) is 18.2 Å². The number of rotatable bonds is 1. The van der Waals surface area contributed by atoms with Crippen LogP contribution < -0.4 is 15.8 Å². The number of hydrogen-bond acceptors (Lipinski definition) is 3. The van der Waals surface area contributed by atoms with Gasteiger partial charge in [0.1, 0.15) is 5.75 Å². The average Bonchev–Trinajstić information content (AvgIpc) is 2.26. The first kappa shape index (κ1) is 11.9. The highest BCUT2D eigenvalue weighted by Crippen LogP contribution is 2.34. The molecule has 1 aromatic rings. The molecule has 0 fully saturated rings. The van der Waals surface area contributed by atoms with E-state index >= 15 is 0 Å². The maximum atomic E-state index is 11.6. The lowest BCUT2D eigenvalue weighted by molar-refractivity contribution is -0.123. The zero-order valence-corrected chi connectivity index (χ0v) is 10.4. The number of nitrogens with two attached hydrogens (primary N) is 1. The Morgan fingerprint density at radius 1 is 1.41 bits per heavy atom. The van der Waals surface area contributed by atoms with Gasteiger partial charge in [-0.15, -0.1) is 0 Å². The van der Waals surface area contributed by atoms with Gasteiger partial charge in [0.25, 0.3) is 5.91 Å². The molecule has 4 heteroatoms. The van der Waals surface area contributed by atoms with Crippen LogP contribution in [0.2, 0.25) is 0 Å². The molecule has 1 unspecified atom stereocenters. The van der Waals surface area contributed by atoms with Gasteiger partial charge in [-0.2, -0.15) is 0 Å². The predicted octanol–water partition coefficient (Wildman–Crippen LogP) is 1.64. The minimum atomic E-state index is -0.581. The van der Waals surface area contributed by atoms with Crippen LogP contribution in [0, 0.1) is 0 Å². The van der Waals surface area contributed by atoms with E-state index in [-0.39, 0.29) is 17.9 Å². The van der Waals surface area contributed by atoms with Crippen LogP contribution in [0.3, 0.4) is 0 Å². The van der Waals surface area contributed by atoms with Gasteiger partial charge in [-0.1, -0.05) is 26.8 Å². The lowest BCUT2D eigenvalue weighted by atomic mass is 9.86. The molecule has 0 aromatic heterocycles. The normalized spacial score (nSPS) is 19.3. The van der Waals surface area contributed by atoms with E-state index in [2.05, 4.69) is 26.1 Å². The SMILES string of the molecule is CC(C)(C)c1ccc2c(c1)NC(=O)C(CN)O2. The topological polar surface area (TPSA) is 64.4 Å². The Morgan fingerprint density at radius 2 is 2.12 bits per heavy atom. The molecule has 92 valence electrons. The van der Waals surface area contributed by atoms with Crippen molar-refractivity contribution in [2.75, 3.05) is 11.9 Å². The summed E-state index contributed by atoms with van der Waals surface area (Å²) >= 11 is 0. The molecule has 0 bridgehead atoms. The maximum absolute atomic E-state index is 11.6. The summed E-state index contributed by atoms with van der Waals surface area (Å²) < 4.78 is 5.52. The zero-order chi connectivity index (χ0) is 12.6. The molecule has 1 aliphatic rings. The summed E-state index contributed by atoms with van der Waals surface area (Å²) in [6, 6.07) is 5.86. The van der Waals surface area contributed by atoms with Crippen molar-refractivity contribution in [1.29, 1.82) is 0 Å². The number of benzene rings is 1. The largest absolute Gasteiger partial charge is 0.477 e. The van der Waals surface area contributed by atoms with Gasteiger partial charge in [0.2, 0.25) is 0 Å².